The molecule has 3 unspecified atom stereocenters. The van der Waals surface area contributed by atoms with E-state index in [0.29, 0.717) is 6.04 Å². The Hall–Kier alpha value is -0.510. The van der Waals surface area contributed by atoms with Gasteiger partial charge in [-0.25, -0.2) is 0 Å². The molecule has 20 heavy (non-hydrogen) atoms. The highest BCUT2D eigenvalue weighted by atomic mass is 32.2. The lowest BCUT2D eigenvalue weighted by atomic mass is 9.81. The molecular formula is C17H28N2S. The standard InChI is InChI=1S/C17H28N2S/c1-14-15(2)20-11-10-19(14)13-17(3,12-18-4)16-8-6-5-7-9-16/h5-9,14-15,18H,10-13H2,1-4H3. The van der Waals surface area contributed by atoms with Crippen LogP contribution in [0.4, 0.5) is 0 Å². The van der Waals surface area contributed by atoms with Gasteiger partial charge in [-0.05, 0) is 19.5 Å². The van der Waals surface area contributed by atoms with Gasteiger partial charge < -0.3 is 5.32 Å². The van der Waals surface area contributed by atoms with Crippen LogP contribution in [0.15, 0.2) is 30.3 Å². The molecule has 1 heterocycles. The van der Waals surface area contributed by atoms with E-state index in [1.54, 1.807) is 0 Å². The zero-order valence-corrected chi connectivity index (χ0v) is 14.0. The van der Waals surface area contributed by atoms with Crippen LogP contribution in [0.1, 0.15) is 26.3 Å². The predicted octanol–water partition coefficient (Wildman–Crippen LogP) is 2.99. The maximum Gasteiger partial charge on any atom is 0.0184 e. The molecule has 112 valence electrons. The Morgan fingerprint density at radius 3 is 2.65 bits per heavy atom. The summed E-state index contributed by atoms with van der Waals surface area (Å²) in [5.74, 6) is 1.26. The van der Waals surface area contributed by atoms with E-state index < -0.39 is 0 Å². The second-order valence-corrected chi connectivity index (χ2v) is 7.73. The third kappa shape index (κ3) is 3.57. The van der Waals surface area contributed by atoms with Gasteiger partial charge in [-0.3, -0.25) is 4.90 Å². The van der Waals surface area contributed by atoms with Gasteiger partial charge >= 0.3 is 0 Å². The first-order valence-electron chi connectivity index (χ1n) is 7.62. The molecule has 1 fully saturated rings. The van der Waals surface area contributed by atoms with Crippen LogP contribution in [-0.4, -0.2) is 48.6 Å². The molecule has 0 aromatic heterocycles. The van der Waals surface area contributed by atoms with Crippen molar-refractivity contribution < 1.29 is 0 Å². The second-order valence-electron chi connectivity index (χ2n) is 6.24. The summed E-state index contributed by atoms with van der Waals surface area (Å²) in [5, 5.41) is 4.13. The maximum atomic E-state index is 3.39. The lowest BCUT2D eigenvalue weighted by Gasteiger charge is -2.43. The topological polar surface area (TPSA) is 15.3 Å². The molecule has 0 aliphatic carbocycles. The minimum Gasteiger partial charge on any atom is -0.319 e. The lowest BCUT2D eigenvalue weighted by molar-refractivity contribution is 0.167. The fourth-order valence-corrected chi connectivity index (χ4v) is 4.31. The van der Waals surface area contributed by atoms with Crippen LogP contribution in [0.25, 0.3) is 0 Å². The van der Waals surface area contributed by atoms with E-state index in [1.807, 2.05) is 0 Å². The van der Waals surface area contributed by atoms with Gasteiger partial charge in [0, 0.05) is 42.1 Å². The Morgan fingerprint density at radius 1 is 1.30 bits per heavy atom. The molecule has 2 rings (SSSR count). The fourth-order valence-electron chi connectivity index (χ4n) is 3.15. The Kier molecular flexibility index (Phi) is 5.53. The van der Waals surface area contributed by atoms with Gasteiger partial charge in [-0.2, -0.15) is 11.8 Å². The number of likely N-dealkylation sites (N-methyl/N-ethyl adjacent to an activating group) is 1. The van der Waals surface area contributed by atoms with Crippen molar-refractivity contribution >= 4 is 11.8 Å². The largest absolute Gasteiger partial charge is 0.319 e. The van der Waals surface area contributed by atoms with E-state index in [9.17, 15) is 0 Å². The summed E-state index contributed by atoms with van der Waals surface area (Å²) in [7, 11) is 2.05. The summed E-state index contributed by atoms with van der Waals surface area (Å²) in [6, 6.07) is 11.6. The zero-order valence-electron chi connectivity index (χ0n) is 13.2. The highest BCUT2D eigenvalue weighted by Crippen LogP contribution is 2.30. The third-order valence-corrected chi connectivity index (χ3v) is 5.94. The molecule has 1 N–H and O–H groups in total. The number of hydrogen-bond acceptors (Lipinski definition) is 3. The molecule has 3 atom stereocenters. The molecule has 0 radical (unpaired) electrons. The molecule has 0 spiro atoms. The van der Waals surface area contributed by atoms with E-state index in [2.05, 4.69) is 80.1 Å². The molecule has 0 amide bonds. The molecule has 1 aliphatic heterocycles. The normalized spacial score (nSPS) is 27.2. The summed E-state index contributed by atoms with van der Waals surface area (Å²) in [4.78, 5) is 2.67. The quantitative estimate of drug-likeness (QED) is 0.898. The molecular weight excluding hydrogens is 264 g/mol. The Balaban J connectivity index is 2.16. The van der Waals surface area contributed by atoms with E-state index >= 15 is 0 Å². The van der Waals surface area contributed by atoms with Crippen molar-refractivity contribution in [2.24, 2.45) is 0 Å². The van der Waals surface area contributed by atoms with Crippen molar-refractivity contribution in [3.05, 3.63) is 35.9 Å². The van der Waals surface area contributed by atoms with Gasteiger partial charge in [0.1, 0.15) is 0 Å². The van der Waals surface area contributed by atoms with Crippen molar-refractivity contribution in [2.75, 3.05) is 32.4 Å². The average Bonchev–Trinajstić information content (AvgIpc) is 2.45. The summed E-state index contributed by atoms with van der Waals surface area (Å²) in [6.07, 6.45) is 0. The van der Waals surface area contributed by atoms with Gasteiger partial charge in [0.25, 0.3) is 0 Å². The van der Waals surface area contributed by atoms with E-state index in [-0.39, 0.29) is 5.41 Å². The van der Waals surface area contributed by atoms with Crippen LogP contribution in [0.5, 0.6) is 0 Å². The highest BCUT2D eigenvalue weighted by Gasteiger charge is 2.33. The molecule has 1 aromatic carbocycles. The zero-order chi connectivity index (χ0) is 14.6. The van der Waals surface area contributed by atoms with Gasteiger partial charge in [-0.1, -0.05) is 44.2 Å². The van der Waals surface area contributed by atoms with Gasteiger partial charge in [-0.15, -0.1) is 0 Å². The Bertz CT molecular complexity index is 409. The predicted molar refractivity (Wildman–Crippen MR) is 90.7 cm³/mol. The van der Waals surface area contributed by atoms with Crippen LogP contribution in [0.2, 0.25) is 0 Å². The SMILES string of the molecule is CNCC(C)(CN1CCSC(C)C1C)c1ccccc1. The lowest BCUT2D eigenvalue weighted by Crippen LogP contribution is -2.52. The van der Waals surface area contributed by atoms with E-state index in [1.165, 1.54) is 17.9 Å². The average molecular weight is 292 g/mol. The Labute approximate surface area is 128 Å². The minimum atomic E-state index is 0.173. The van der Waals surface area contributed by atoms with Crippen LogP contribution >= 0.6 is 11.8 Å². The highest BCUT2D eigenvalue weighted by molar-refractivity contribution is 8.00. The number of benzene rings is 1. The van der Waals surface area contributed by atoms with Crippen LogP contribution < -0.4 is 5.32 Å². The van der Waals surface area contributed by atoms with Crippen molar-refractivity contribution in [1.29, 1.82) is 0 Å². The van der Waals surface area contributed by atoms with Crippen molar-refractivity contribution in [3.63, 3.8) is 0 Å². The molecule has 1 aromatic rings. The first-order chi connectivity index (χ1) is 9.57. The van der Waals surface area contributed by atoms with Crippen LogP contribution in [0.3, 0.4) is 0 Å². The van der Waals surface area contributed by atoms with Crippen molar-refractivity contribution in [2.45, 2.75) is 37.5 Å². The number of nitrogens with one attached hydrogen (secondary N) is 1. The molecule has 1 saturated heterocycles. The van der Waals surface area contributed by atoms with Crippen molar-refractivity contribution in [3.8, 4) is 0 Å². The minimum absolute atomic E-state index is 0.173. The number of hydrogen-bond donors (Lipinski definition) is 1. The van der Waals surface area contributed by atoms with Gasteiger partial charge in [0.05, 0.1) is 0 Å². The summed E-state index contributed by atoms with van der Waals surface area (Å²) >= 11 is 2.11. The number of rotatable bonds is 5. The van der Waals surface area contributed by atoms with E-state index in [4.69, 9.17) is 0 Å². The van der Waals surface area contributed by atoms with Gasteiger partial charge in [0.2, 0.25) is 0 Å². The molecule has 0 bridgehead atoms. The molecule has 1 aliphatic rings. The second kappa shape index (κ2) is 6.97. The van der Waals surface area contributed by atoms with E-state index in [0.717, 1.165) is 18.3 Å². The van der Waals surface area contributed by atoms with Crippen LogP contribution in [0, 0.1) is 0 Å². The summed E-state index contributed by atoms with van der Waals surface area (Å²) < 4.78 is 0. The molecule has 2 nitrogen and oxygen atoms in total. The van der Waals surface area contributed by atoms with Gasteiger partial charge in [0.15, 0.2) is 0 Å². The fraction of sp³-hybridized carbons (Fsp3) is 0.647. The number of thioether (sulfide) groups is 1. The summed E-state index contributed by atoms with van der Waals surface area (Å²) in [6.45, 7) is 10.5. The van der Waals surface area contributed by atoms with Crippen molar-refractivity contribution in [1.82, 2.24) is 10.2 Å². The summed E-state index contributed by atoms with van der Waals surface area (Å²) in [5.41, 5.74) is 1.61. The molecule has 0 saturated carbocycles. The first-order valence-corrected chi connectivity index (χ1v) is 8.67. The third-order valence-electron chi connectivity index (χ3n) is 4.60. The maximum absolute atomic E-state index is 3.39. The smallest absolute Gasteiger partial charge is 0.0184 e. The number of nitrogens with zero attached hydrogens (tertiary/aromatic N) is 1. The monoisotopic (exact) mass is 292 g/mol. The molecule has 3 heteroatoms. The van der Waals surface area contributed by atoms with Crippen LogP contribution in [-0.2, 0) is 5.41 Å². The Morgan fingerprint density at radius 2 is 2.00 bits per heavy atom. The first kappa shape index (κ1) is 15.9.